The number of rotatable bonds is 4. The zero-order valence-electron chi connectivity index (χ0n) is 14.1. The second-order valence-electron chi connectivity index (χ2n) is 6.18. The lowest BCUT2D eigenvalue weighted by atomic mass is 10.1. The van der Waals surface area contributed by atoms with Gasteiger partial charge < -0.3 is 15.0 Å². The van der Waals surface area contributed by atoms with Crippen LogP contribution in [0.3, 0.4) is 0 Å². The van der Waals surface area contributed by atoms with Gasteiger partial charge in [-0.25, -0.2) is 4.39 Å². The third-order valence-electron chi connectivity index (χ3n) is 3.92. The fourth-order valence-corrected chi connectivity index (χ4v) is 2.81. The second-order valence-corrected chi connectivity index (χ2v) is 6.18. The summed E-state index contributed by atoms with van der Waals surface area (Å²) in [5.41, 5.74) is 1.94. The van der Waals surface area contributed by atoms with Crippen molar-refractivity contribution in [1.82, 2.24) is 0 Å². The minimum atomic E-state index is -0.336. The Morgan fingerprint density at radius 2 is 1.96 bits per heavy atom. The number of nitrogens with zero attached hydrogens (tertiary/aromatic N) is 1. The summed E-state index contributed by atoms with van der Waals surface area (Å²) in [4.78, 5) is 25.9. The van der Waals surface area contributed by atoms with Crippen molar-refractivity contribution in [1.29, 1.82) is 0 Å². The molecule has 1 aliphatic heterocycles. The quantitative estimate of drug-likeness (QED) is 0.929. The van der Waals surface area contributed by atoms with Crippen LogP contribution in [-0.2, 0) is 16.0 Å². The van der Waals surface area contributed by atoms with Crippen LogP contribution in [0.5, 0.6) is 5.75 Å². The van der Waals surface area contributed by atoms with Crippen LogP contribution < -0.4 is 15.0 Å². The highest BCUT2D eigenvalue weighted by Gasteiger charge is 2.27. The molecule has 2 amide bonds. The molecule has 1 heterocycles. The summed E-state index contributed by atoms with van der Waals surface area (Å²) >= 11 is 0. The van der Waals surface area contributed by atoms with E-state index in [0.29, 0.717) is 17.1 Å². The number of benzene rings is 2. The third kappa shape index (κ3) is 3.79. The predicted octanol–water partition coefficient (Wildman–Crippen LogP) is 3.14. The minimum Gasteiger partial charge on any atom is -0.482 e. The zero-order chi connectivity index (χ0) is 18.0. The molecule has 0 radical (unpaired) electrons. The summed E-state index contributed by atoms with van der Waals surface area (Å²) < 4.78 is 18.4. The van der Waals surface area contributed by atoms with E-state index in [1.807, 2.05) is 13.8 Å². The Morgan fingerprint density at radius 1 is 1.24 bits per heavy atom. The largest absolute Gasteiger partial charge is 0.482 e. The number of carbonyl (C=O) groups excluding carboxylic acids is 2. The van der Waals surface area contributed by atoms with E-state index in [1.165, 1.54) is 12.1 Å². The van der Waals surface area contributed by atoms with Crippen molar-refractivity contribution in [2.45, 2.75) is 26.3 Å². The molecule has 0 unspecified atom stereocenters. The molecular weight excluding hydrogens is 323 g/mol. The summed E-state index contributed by atoms with van der Waals surface area (Å²) in [6.45, 7) is 3.86. The maximum Gasteiger partial charge on any atom is 0.265 e. The monoisotopic (exact) mass is 342 g/mol. The molecule has 0 bridgehead atoms. The van der Waals surface area contributed by atoms with Gasteiger partial charge in [-0.05, 0) is 49.7 Å². The lowest BCUT2D eigenvalue weighted by Gasteiger charge is -2.32. The summed E-state index contributed by atoms with van der Waals surface area (Å²) in [5, 5.41) is 2.80. The first-order chi connectivity index (χ1) is 11.9. The number of amides is 2. The molecule has 1 aliphatic rings. The third-order valence-corrected chi connectivity index (χ3v) is 3.92. The molecule has 130 valence electrons. The molecule has 6 heteroatoms. The van der Waals surface area contributed by atoms with E-state index >= 15 is 0 Å². The highest BCUT2D eigenvalue weighted by Crippen LogP contribution is 2.35. The van der Waals surface area contributed by atoms with Crippen LogP contribution in [0.25, 0.3) is 0 Å². The average Bonchev–Trinajstić information content (AvgIpc) is 2.56. The number of carbonyl (C=O) groups is 2. The minimum absolute atomic E-state index is 0.0136. The van der Waals surface area contributed by atoms with E-state index in [2.05, 4.69) is 5.32 Å². The van der Waals surface area contributed by atoms with Gasteiger partial charge in [0.2, 0.25) is 5.91 Å². The van der Waals surface area contributed by atoms with Gasteiger partial charge in [0.05, 0.1) is 12.1 Å². The molecule has 0 aliphatic carbocycles. The molecule has 5 nitrogen and oxygen atoms in total. The van der Waals surface area contributed by atoms with Crippen LogP contribution in [0.15, 0.2) is 42.5 Å². The molecule has 2 aromatic rings. The standard InChI is InChI=1S/C19H19FN2O3/c1-12(2)22-16-10-15(7-8-17(16)25-11-19(22)24)21-18(23)9-13-3-5-14(20)6-4-13/h3-8,10,12H,9,11H2,1-2H3,(H,21,23). The highest BCUT2D eigenvalue weighted by molar-refractivity contribution is 6.00. The summed E-state index contributed by atoms with van der Waals surface area (Å²) in [6.07, 6.45) is 0.140. The fraction of sp³-hybridized carbons (Fsp3) is 0.263. The molecule has 0 saturated heterocycles. The Kier molecular flexibility index (Phi) is 4.70. The van der Waals surface area contributed by atoms with Gasteiger partial charge in [0, 0.05) is 11.7 Å². The molecule has 3 rings (SSSR count). The number of fused-ring (bicyclic) bond motifs is 1. The van der Waals surface area contributed by atoms with Crippen molar-refractivity contribution in [2.75, 3.05) is 16.8 Å². The summed E-state index contributed by atoms with van der Waals surface area (Å²) in [6, 6.07) is 11.0. The first-order valence-corrected chi connectivity index (χ1v) is 8.07. The van der Waals surface area contributed by atoms with Crippen molar-refractivity contribution < 1.29 is 18.7 Å². The molecule has 0 aromatic heterocycles. The van der Waals surface area contributed by atoms with Crippen LogP contribution in [-0.4, -0.2) is 24.5 Å². The molecule has 0 fully saturated rings. The number of anilines is 2. The maximum atomic E-state index is 12.9. The first-order valence-electron chi connectivity index (χ1n) is 8.07. The molecular formula is C19H19FN2O3. The molecule has 1 N–H and O–H groups in total. The predicted molar refractivity (Wildman–Crippen MR) is 93.3 cm³/mol. The fourth-order valence-electron chi connectivity index (χ4n) is 2.81. The van der Waals surface area contributed by atoms with E-state index in [0.717, 1.165) is 5.56 Å². The molecule has 0 atom stereocenters. The number of hydrogen-bond donors (Lipinski definition) is 1. The molecule has 0 saturated carbocycles. The number of ether oxygens (including phenoxy) is 1. The van der Waals surface area contributed by atoms with Gasteiger partial charge in [-0.15, -0.1) is 0 Å². The van der Waals surface area contributed by atoms with Crippen molar-refractivity contribution in [2.24, 2.45) is 0 Å². The Balaban J connectivity index is 1.76. The van der Waals surface area contributed by atoms with Crippen LogP contribution >= 0.6 is 0 Å². The molecule has 2 aromatic carbocycles. The van der Waals surface area contributed by atoms with Crippen molar-refractivity contribution >= 4 is 23.2 Å². The van der Waals surface area contributed by atoms with E-state index in [4.69, 9.17) is 4.74 Å². The van der Waals surface area contributed by atoms with E-state index in [9.17, 15) is 14.0 Å². The van der Waals surface area contributed by atoms with Gasteiger partial charge >= 0.3 is 0 Å². The van der Waals surface area contributed by atoms with Gasteiger partial charge in [0.15, 0.2) is 6.61 Å². The highest BCUT2D eigenvalue weighted by atomic mass is 19.1. The smallest absolute Gasteiger partial charge is 0.265 e. The van der Waals surface area contributed by atoms with Crippen molar-refractivity contribution in [3.8, 4) is 5.75 Å². The van der Waals surface area contributed by atoms with Crippen molar-refractivity contribution in [3.05, 3.63) is 53.8 Å². The van der Waals surface area contributed by atoms with Gasteiger partial charge in [0.1, 0.15) is 11.6 Å². The maximum absolute atomic E-state index is 12.9. The number of halogens is 1. The number of hydrogen-bond acceptors (Lipinski definition) is 3. The molecule has 0 spiro atoms. The molecule has 25 heavy (non-hydrogen) atoms. The van der Waals surface area contributed by atoms with Crippen LogP contribution in [0.2, 0.25) is 0 Å². The average molecular weight is 342 g/mol. The van der Waals surface area contributed by atoms with Gasteiger partial charge in [-0.3, -0.25) is 9.59 Å². The van der Waals surface area contributed by atoms with E-state index in [-0.39, 0.29) is 36.7 Å². The summed E-state index contributed by atoms with van der Waals surface area (Å²) in [7, 11) is 0. The Labute approximate surface area is 145 Å². The second kappa shape index (κ2) is 6.93. The SMILES string of the molecule is CC(C)N1C(=O)COc2ccc(NC(=O)Cc3ccc(F)cc3)cc21. The van der Waals surface area contributed by atoms with Crippen LogP contribution in [0.4, 0.5) is 15.8 Å². The Hall–Kier alpha value is -2.89. The lowest BCUT2D eigenvalue weighted by Crippen LogP contribution is -2.43. The van der Waals surface area contributed by atoms with Crippen molar-refractivity contribution in [3.63, 3.8) is 0 Å². The van der Waals surface area contributed by atoms with Crippen LogP contribution in [0, 0.1) is 5.82 Å². The van der Waals surface area contributed by atoms with Gasteiger partial charge in [-0.1, -0.05) is 12.1 Å². The lowest BCUT2D eigenvalue weighted by molar-refractivity contribution is -0.121. The Morgan fingerprint density at radius 3 is 2.64 bits per heavy atom. The van der Waals surface area contributed by atoms with Gasteiger partial charge in [-0.2, -0.15) is 0 Å². The first kappa shape index (κ1) is 17.0. The van der Waals surface area contributed by atoms with E-state index < -0.39 is 0 Å². The Bertz CT molecular complexity index is 803. The summed E-state index contributed by atoms with van der Waals surface area (Å²) in [5.74, 6) is -0.0508. The number of nitrogens with one attached hydrogen (secondary N) is 1. The topological polar surface area (TPSA) is 58.6 Å². The van der Waals surface area contributed by atoms with Crippen LogP contribution in [0.1, 0.15) is 19.4 Å². The van der Waals surface area contributed by atoms with Gasteiger partial charge in [0.25, 0.3) is 5.91 Å². The normalized spacial score (nSPS) is 13.4. The zero-order valence-corrected chi connectivity index (χ0v) is 14.1. The van der Waals surface area contributed by atoms with E-state index in [1.54, 1.807) is 35.2 Å².